The summed E-state index contributed by atoms with van der Waals surface area (Å²) < 4.78 is 21.8. The Balaban J connectivity index is 1.82. The van der Waals surface area contributed by atoms with Crippen LogP contribution in [0.2, 0.25) is 0 Å². The zero-order chi connectivity index (χ0) is 32.4. The summed E-state index contributed by atoms with van der Waals surface area (Å²) in [6.45, 7) is 18.1. The third-order valence-corrected chi connectivity index (χ3v) is 7.22. The van der Waals surface area contributed by atoms with Crippen LogP contribution in [0.25, 0.3) is 22.1 Å². The maximum atomic E-state index is 13.0. The monoisotopic (exact) mass is 602 g/mol. The Labute approximate surface area is 258 Å². The molecule has 0 aliphatic carbocycles. The van der Waals surface area contributed by atoms with Crippen LogP contribution in [0.3, 0.4) is 0 Å². The Morgan fingerprint density at radius 2 is 1.43 bits per heavy atom. The number of hydrogen-bond acceptors (Lipinski definition) is 8. The van der Waals surface area contributed by atoms with Crippen LogP contribution in [0.15, 0.2) is 88.1 Å². The molecule has 1 N–H and O–H groups in total. The molecule has 1 atom stereocenters. The van der Waals surface area contributed by atoms with Crippen molar-refractivity contribution in [3.8, 4) is 16.9 Å². The highest BCUT2D eigenvalue weighted by molar-refractivity contribution is 5.89. The van der Waals surface area contributed by atoms with Gasteiger partial charge in [-0.2, -0.15) is 0 Å². The van der Waals surface area contributed by atoms with E-state index in [0.717, 1.165) is 42.2 Å². The van der Waals surface area contributed by atoms with Crippen molar-refractivity contribution >= 4 is 22.9 Å². The summed E-state index contributed by atoms with van der Waals surface area (Å²) >= 11 is 0. The summed E-state index contributed by atoms with van der Waals surface area (Å²) in [6, 6.07) is 12.4. The van der Waals surface area contributed by atoms with Crippen molar-refractivity contribution in [2.24, 2.45) is 0 Å². The molecule has 234 valence electrons. The second-order valence-corrected chi connectivity index (χ2v) is 11.2. The highest BCUT2D eigenvalue weighted by Crippen LogP contribution is 2.28. The van der Waals surface area contributed by atoms with Gasteiger partial charge in [-0.1, -0.05) is 31.9 Å². The van der Waals surface area contributed by atoms with Crippen molar-refractivity contribution in [2.75, 3.05) is 13.2 Å². The Morgan fingerprint density at radius 3 is 2.02 bits per heavy atom. The van der Waals surface area contributed by atoms with Crippen molar-refractivity contribution in [2.45, 2.75) is 72.0 Å². The number of ether oxygens (including phenoxy) is 3. The van der Waals surface area contributed by atoms with Crippen molar-refractivity contribution in [3.63, 3.8) is 0 Å². The van der Waals surface area contributed by atoms with E-state index in [2.05, 4.69) is 19.7 Å². The molecule has 0 bridgehead atoms. The van der Waals surface area contributed by atoms with Gasteiger partial charge in [0.25, 0.3) is 0 Å². The lowest BCUT2D eigenvalue weighted by molar-refractivity contribution is -0.161. The lowest BCUT2D eigenvalue weighted by atomic mass is 9.95. The van der Waals surface area contributed by atoms with Gasteiger partial charge in [0.1, 0.15) is 11.3 Å². The zero-order valence-corrected chi connectivity index (χ0v) is 26.1. The molecule has 2 aromatic carbocycles. The summed E-state index contributed by atoms with van der Waals surface area (Å²) in [5.74, 6) is -1.93. The number of esters is 2. The van der Waals surface area contributed by atoms with Gasteiger partial charge in [-0.25, -0.2) is 14.4 Å². The number of carbonyl (C=O) groups is 2. The van der Waals surface area contributed by atoms with Crippen LogP contribution in [0.1, 0.15) is 64.5 Å². The third-order valence-electron chi connectivity index (χ3n) is 7.22. The van der Waals surface area contributed by atoms with E-state index in [-0.39, 0.29) is 5.57 Å². The van der Waals surface area contributed by atoms with Gasteiger partial charge in [0.05, 0.1) is 18.8 Å². The quantitative estimate of drug-likeness (QED) is 0.0355. The van der Waals surface area contributed by atoms with Gasteiger partial charge in [0.15, 0.2) is 5.79 Å². The Morgan fingerprint density at radius 1 is 0.841 bits per heavy atom. The fourth-order valence-corrected chi connectivity index (χ4v) is 4.34. The molecule has 0 amide bonds. The number of rotatable bonds is 16. The summed E-state index contributed by atoms with van der Waals surface area (Å²) in [5.41, 5.74) is 4.40. The van der Waals surface area contributed by atoms with Gasteiger partial charge in [0.2, 0.25) is 0 Å². The van der Waals surface area contributed by atoms with Crippen LogP contribution >= 0.6 is 0 Å². The second kappa shape index (κ2) is 15.5. The number of hydrogen-bond donors (Lipinski definition) is 1. The van der Waals surface area contributed by atoms with Crippen LogP contribution in [-0.2, 0) is 31.9 Å². The molecule has 1 aromatic heterocycles. The van der Waals surface area contributed by atoms with E-state index in [1.807, 2.05) is 18.2 Å². The summed E-state index contributed by atoms with van der Waals surface area (Å²) in [7, 11) is 0. The lowest BCUT2D eigenvalue weighted by Gasteiger charge is -2.24. The lowest BCUT2D eigenvalue weighted by Crippen LogP contribution is -2.29. The molecule has 0 fully saturated rings. The van der Waals surface area contributed by atoms with Crippen LogP contribution in [0.4, 0.5) is 0 Å². The van der Waals surface area contributed by atoms with Crippen LogP contribution < -0.4 is 10.4 Å². The highest BCUT2D eigenvalue weighted by Gasteiger charge is 2.21. The largest absolute Gasteiger partial charge is 0.462 e. The zero-order valence-electron chi connectivity index (χ0n) is 26.1. The van der Waals surface area contributed by atoms with Gasteiger partial charge in [-0.15, -0.1) is 0 Å². The SMILES string of the molecule is C=C(C)C(=O)OCCCCc1cc2oc(=O)c(-c3ccc(OC(=O)C(=C)C)cc3)cc2cc1CCCCOC(C)(O)C(=C)C. The summed E-state index contributed by atoms with van der Waals surface area (Å²) in [5, 5.41) is 11.1. The van der Waals surface area contributed by atoms with Crippen molar-refractivity contribution in [3.05, 3.63) is 100 Å². The maximum absolute atomic E-state index is 13.0. The normalized spacial score (nSPS) is 12.4. The number of aryl methyl sites for hydroxylation is 2. The molecule has 1 heterocycles. The molecule has 8 nitrogen and oxygen atoms in total. The molecule has 0 saturated heterocycles. The van der Waals surface area contributed by atoms with E-state index in [4.69, 9.17) is 18.6 Å². The predicted octanol–water partition coefficient (Wildman–Crippen LogP) is 7.01. The summed E-state index contributed by atoms with van der Waals surface area (Å²) in [6.07, 6.45) is 4.47. The minimum absolute atomic E-state index is 0.289. The van der Waals surface area contributed by atoms with Gasteiger partial charge < -0.3 is 23.7 Å². The minimum atomic E-state index is -1.36. The number of benzene rings is 2. The molecule has 8 heteroatoms. The van der Waals surface area contributed by atoms with Gasteiger partial charge in [-0.3, -0.25) is 0 Å². The predicted molar refractivity (Wildman–Crippen MR) is 171 cm³/mol. The standard InChI is InChI=1S/C36H42O8/c1-23(2)33(37)41-18-10-8-13-28-22-32-29(20-27(28)12-9-11-19-42-36(7,40)25(5)6)21-31(35(39)44-32)26-14-16-30(17-15-26)43-34(38)24(3)4/h14-17,20-22,40H,1,3,5,8-13,18-19H2,2,4,6-7H3. The third kappa shape index (κ3) is 9.62. The van der Waals surface area contributed by atoms with Gasteiger partial charge in [0, 0.05) is 16.5 Å². The topological polar surface area (TPSA) is 112 Å². The maximum Gasteiger partial charge on any atom is 0.344 e. The van der Waals surface area contributed by atoms with Crippen molar-refractivity contribution in [1.29, 1.82) is 0 Å². The first-order valence-electron chi connectivity index (χ1n) is 14.7. The number of aliphatic hydroxyl groups is 1. The van der Waals surface area contributed by atoms with E-state index < -0.39 is 23.4 Å². The fraction of sp³-hybridized carbons (Fsp3) is 0.361. The molecule has 44 heavy (non-hydrogen) atoms. The molecular weight excluding hydrogens is 560 g/mol. The Bertz CT molecular complexity index is 1590. The highest BCUT2D eigenvalue weighted by atomic mass is 16.6. The number of fused-ring (bicyclic) bond motifs is 1. The fourth-order valence-electron chi connectivity index (χ4n) is 4.34. The summed E-state index contributed by atoms with van der Waals surface area (Å²) in [4.78, 5) is 36.5. The van der Waals surface area contributed by atoms with Crippen LogP contribution in [-0.4, -0.2) is 36.0 Å². The smallest absolute Gasteiger partial charge is 0.344 e. The van der Waals surface area contributed by atoms with Gasteiger partial charge >= 0.3 is 17.6 Å². The van der Waals surface area contributed by atoms with E-state index in [0.29, 0.717) is 59.7 Å². The molecule has 0 saturated carbocycles. The molecule has 3 rings (SSSR count). The molecule has 0 aliphatic heterocycles. The van der Waals surface area contributed by atoms with Crippen molar-refractivity contribution in [1.82, 2.24) is 0 Å². The minimum Gasteiger partial charge on any atom is -0.462 e. The molecule has 3 aromatic rings. The molecule has 0 aliphatic rings. The first kappa shape index (κ1) is 34.2. The van der Waals surface area contributed by atoms with Crippen LogP contribution in [0.5, 0.6) is 5.75 Å². The van der Waals surface area contributed by atoms with Crippen LogP contribution in [0, 0.1) is 0 Å². The Hall–Kier alpha value is -4.27. The van der Waals surface area contributed by atoms with E-state index >= 15 is 0 Å². The first-order chi connectivity index (χ1) is 20.8. The first-order valence-corrected chi connectivity index (χ1v) is 14.7. The molecule has 0 radical (unpaired) electrons. The molecular formula is C36H42O8. The average Bonchev–Trinajstić information content (AvgIpc) is 2.96. The van der Waals surface area contributed by atoms with Gasteiger partial charge in [-0.05, 0) is 119 Å². The Kier molecular flexibility index (Phi) is 12.0. The van der Waals surface area contributed by atoms with Crippen molar-refractivity contribution < 1.29 is 33.3 Å². The number of carbonyl (C=O) groups excluding carboxylic acids is 2. The molecule has 0 spiro atoms. The van der Waals surface area contributed by atoms with E-state index in [1.54, 1.807) is 52.0 Å². The average molecular weight is 603 g/mol. The van der Waals surface area contributed by atoms with E-state index in [1.165, 1.54) is 0 Å². The number of unbranched alkanes of at least 4 members (excludes halogenated alkanes) is 2. The second-order valence-electron chi connectivity index (χ2n) is 11.2. The molecule has 1 unspecified atom stereocenters. The van der Waals surface area contributed by atoms with E-state index in [9.17, 15) is 19.5 Å².